The van der Waals surface area contributed by atoms with E-state index in [4.69, 9.17) is 16.7 Å². The molecular formula is C9H9ClFN3O. The van der Waals surface area contributed by atoms with E-state index in [2.05, 4.69) is 10.3 Å². The second-order valence-corrected chi connectivity index (χ2v) is 3.73. The lowest BCUT2D eigenvalue weighted by Gasteiger charge is -2.08. The van der Waals surface area contributed by atoms with Crippen LogP contribution in [0.4, 0.5) is 4.39 Å². The summed E-state index contributed by atoms with van der Waals surface area (Å²) in [5.74, 6) is -0.516. The Morgan fingerprint density at radius 1 is 1.60 bits per heavy atom. The van der Waals surface area contributed by atoms with E-state index in [0.717, 1.165) is 0 Å². The lowest BCUT2D eigenvalue weighted by atomic mass is 10.3. The van der Waals surface area contributed by atoms with Crippen molar-refractivity contribution in [1.82, 2.24) is 15.0 Å². The van der Waals surface area contributed by atoms with Gasteiger partial charge < -0.3 is 5.11 Å². The first-order valence-corrected chi connectivity index (χ1v) is 4.82. The van der Waals surface area contributed by atoms with Crippen molar-refractivity contribution in [2.45, 2.75) is 13.0 Å². The highest BCUT2D eigenvalue weighted by Gasteiger charge is 2.12. The molecule has 15 heavy (non-hydrogen) atoms. The smallest absolute Gasteiger partial charge is 0.144 e. The highest BCUT2D eigenvalue weighted by molar-refractivity contribution is 6.31. The third kappa shape index (κ3) is 1.68. The summed E-state index contributed by atoms with van der Waals surface area (Å²) in [6.07, 6.45) is 0. The van der Waals surface area contributed by atoms with Crippen LogP contribution in [0.3, 0.4) is 0 Å². The molecule has 0 saturated heterocycles. The minimum atomic E-state index is -0.516. The first-order valence-electron chi connectivity index (χ1n) is 4.44. The molecule has 1 unspecified atom stereocenters. The largest absolute Gasteiger partial charge is 0.394 e. The number of nitrogens with zero attached hydrogens (tertiary/aromatic N) is 3. The van der Waals surface area contributed by atoms with Crippen molar-refractivity contribution in [3.63, 3.8) is 0 Å². The van der Waals surface area contributed by atoms with Gasteiger partial charge in [-0.05, 0) is 13.0 Å². The van der Waals surface area contributed by atoms with Crippen LogP contribution in [0.1, 0.15) is 13.0 Å². The first-order chi connectivity index (χ1) is 7.13. The van der Waals surface area contributed by atoms with Crippen molar-refractivity contribution in [1.29, 1.82) is 0 Å². The van der Waals surface area contributed by atoms with E-state index in [0.29, 0.717) is 11.0 Å². The second kappa shape index (κ2) is 3.75. The van der Waals surface area contributed by atoms with Crippen molar-refractivity contribution >= 4 is 22.6 Å². The number of aliphatic hydroxyl groups excluding tert-OH is 1. The van der Waals surface area contributed by atoms with Gasteiger partial charge in [0.2, 0.25) is 0 Å². The van der Waals surface area contributed by atoms with E-state index < -0.39 is 5.82 Å². The van der Waals surface area contributed by atoms with Crippen molar-refractivity contribution in [3.8, 4) is 0 Å². The summed E-state index contributed by atoms with van der Waals surface area (Å²) in [4.78, 5) is 0. The predicted octanol–water partition coefficient (Wildman–Crippen LogP) is 1.78. The summed E-state index contributed by atoms with van der Waals surface area (Å²) in [6, 6.07) is 2.44. The van der Waals surface area contributed by atoms with Crippen molar-refractivity contribution < 1.29 is 9.50 Å². The van der Waals surface area contributed by atoms with Gasteiger partial charge in [0.1, 0.15) is 11.3 Å². The molecule has 0 amide bonds. The zero-order valence-corrected chi connectivity index (χ0v) is 8.74. The summed E-state index contributed by atoms with van der Waals surface area (Å²) in [5.41, 5.74) is 1.04. The SMILES string of the molecule is CC(CO)n1nnc2cc(Cl)c(F)cc21. The summed E-state index contributed by atoms with van der Waals surface area (Å²) < 4.78 is 14.7. The first kappa shape index (κ1) is 10.3. The van der Waals surface area contributed by atoms with Crippen molar-refractivity contribution in [3.05, 3.63) is 23.0 Å². The van der Waals surface area contributed by atoms with E-state index in [1.54, 1.807) is 6.92 Å². The molecule has 2 rings (SSSR count). The Bertz CT molecular complexity index is 499. The molecule has 1 aromatic carbocycles. The number of hydrogen-bond acceptors (Lipinski definition) is 3. The van der Waals surface area contributed by atoms with Gasteiger partial charge in [0.05, 0.1) is 23.2 Å². The molecule has 2 aromatic rings. The van der Waals surface area contributed by atoms with E-state index in [9.17, 15) is 4.39 Å². The molecule has 0 aliphatic heterocycles. The summed E-state index contributed by atoms with van der Waals surface area (Å²) in [7, 11) is 0. The fourth-order valence-corrected chi connectivity index (χ4v) is 1.49. The van der Waals surface area contributed by atoms with Crippen LogP contribution < -0.4 is 0 Å². The van der Waals surface area contributed by atoms with Crippen LogP contribution >= 0.6 is 11.6 Å². The Labute approximate surface area is 90.3 Å². The third-order valence-corrected chi connectivity index (χ3v) is 2.48. The maximum absolute atomic E-state index is 13.2. The van der Waals surface area contributed by atoms with E-state index in [1.165, 1.54) is 16.8 Å². The Balaban J connectivity index is 2.64. The average Bonchev–Trinajstić information content (AvgIpc) is 2.61. The predicted molar refractivity (Wildman–Crippen MR) is 54.3 cm³/mol. The Kier molecular flexibility index (Phi) is 2.58. The number of hydrogen-bond donors (Lipinski definition) is 1. The van der Waals surface area contributed by atoms with Crippen LogP contribution in [0.2, 0.25) is 5.02 Å². The average molecular weight is 230 g/mol. The van der Waals surface area contributed by atoms with Gasteiger partial charge in [-0.2, -0.15) is 0 Å². The minimum absolute atomic E-state index is 0.0196. The molecule has 1 atom stereocenters. The van der Waals surface area contributed by atoms with Crippen LogP contribution in [0.25, 0.3) is 11.0 Å². The van der Waals surface area contributed by atoms with Gasteiger partial charge >= 0.3 is 0 Å². The molecule has 0 aliphatic rings. The fourth-order valence-electron chi connectivity index (χ4n) is 1.34. The highest BCUT2D eigenvalue weighted by atomic mass is 35.5. The molecule has 0 aliphatic carbocycles. The zero-order valence-electron chi connectivity index (χ0n) is 7.98. The number of aromatic nitrogens is 3. The number of fused-ring (bicyclic) bond motifs is 1. The number of benzene rings is 1. The quantitative estimate of drug-likeness (QED) is 0.854. The molecular weight excluding hydrogens is 221 g/mol. The molecule has 0 radical (unpaired) electrons. The minimum Gasteiger partial charge on any atom is -0.394 e. The number of halogens is 2. The van der Waals surface area contributed by atoms with E-state index >= 15 is 0 Å². The second-order valence-electron chi connectivity index (χ2n) is 3.32. The van der Waals surface area contributed by atoms with E-state index in [-0.39, 0.29) is 17.7 Å². The number of aliphatic hydroxyl groups is 1. The van der Waals surface area contributed by atoms with E-state index in [1.807, 2.05) is 0 Å². The summed E-state index contributed by atoms with van der Waals surface area (Å²) in [5, 5.41) is 16.7. The lowest BCUT2D eigenvalue weighted by molar-refractivity contribution is 0.231. The monoisotopic (exact) mass is 229 g/mol. The Morgan fingerprint density at radius 2 is 2.33 bits per heavy atom. The highest BCUT2D eigenvalue weighted by Crippen LogP contribution is 2.22. The van der Waals surface area contributed by atoms with Crippen LogP contribution in [0.15, 0.2) is 12.1 Å². The third-order valence-electron chi connectivity index (χ3n) is 2.19. The normalized spacial score (nSPS) is 13.3. The Hall–Kier alpha value is -1.20. The van der Waals surface area contributed by atoms with Crippen molar-refractivity contribution in [2.24, 2.45) is 0 Å². The molecule has 0 spiro atoms. The van der Waals surface area contributed by atoms with Crippen LogP contribution in [-0.4, -0.2) is 26.7 Å². The van der Waals surface area contributed by atoms with Gasteiger partial charge in [0.15, 0.2) is 0 Å². The van der Waals surface area contributed by atoms with Gasteiger partial charge in [-0.1, -0.05) is 16.8 Å². The molecule has 1 aromatic heterocycles. The van der Waals surface area contributed by atoms with Gasteiger partial charge in [0.25, 0.3) is 0 Å². The van der Waals surface area contributed by atoms with Crippen molar-refractivity contribution in [2.75, 3.05) is 6.61 Å². The van der Waals surface area contributed by atoms with Gasteiger partial charge in [-0.15, -0.1) is 5.10 Å². The molecule has 0 saturated carbocycles. The standard InChI is InChI=1S/C9H9ClFN3O/c1-5(4-15)14-9-3-7(11)6(10)2-8(9)12-13-14/h2-3,5,15H,4H2,1H3. The van der Waals surface area contributed by atoms with Crippen LogP contribution in [0.5, 0.6) is 0 Å². The molecule has 4 nitrogen and oxygen atoms in total. The lowest BCUT2D eigenvalue weighted by Crippen LogP contribution is -2.10. The molecule has 1 heterocycles. The maximum Gasteiger partial charge on any atom is 0.144 e. The molecule has 0 fully saturated rings. The number of rotatable bonds is 2. The van der Waals surface area contributed by atoms with Gasteiger partial charge in [0, 0.05) is 6.07 Å². The molecule has 6 heteroatoms. The zero-order chi connectivity index (χ0) is 11.0. The molecule has 80 valence electrons. The molecule has 0 bridgehead atoms. The Morgan fingerprint density at radius 3 is 3.00 bits per heavy atom. The fraction of sp³-hybridized carbons (Fsp3) is 0.333. The summed E-state index contributed by atoms with van der Waals surface area (Å²) in [6.45, 7) is 1.68. The van der Waals surface area contributed by atoms with Gasteiger partial charge in [-0.25, -0.2) is 9.07 Å². The maximum atomic E-state index is 13.2. The van der Waals surface area contributed by atoms with Gasteiger partial charge in [-0.3, -0.25) is 0 Å². The molecule has 1 N–H and O–H groups in total. The summed E-state index contributed by atoms with van der Waals surface area (Å²) >= 11 is 5.61. The van der Waals surface area contributed by atoms with Crippen LogP contribution in [-0.2, 0) is 0 Å². The topological polar surface area (TPSA) is 50.9 Å². The van der Waals surface area contributed by atoms with Crippen LogP contribution in [0, 0.1) is 5.82 Å².